The average molecular weight is 396 g/mol. The average Bonchev–Trinajstić information content (AvgIpc) is 2.72. The molecule has 2 aromatic carbocycles. The summed E-state index contributed by atoms with van der Waals surface area (Å²) in [6, 6.07) is 14.1. The van der Waals surface area contributed by atoms with Crippen LogP contribution in [0.1, 0.15) is 44.0 Å². The van der Waals surface area contributed by atoms with Gasteiger partial charge in [0.2, 0.25) is 11.8 Å². The topological polar surface area (TPSA) is 99.3 Å². The first-order chi connectivity index (χ1) is 13.9. The molecule has 2 aromatic rings. The first kappa shape index (κ1) is 21.9. The third kappa shape index (κ3) is 7.29. The van der Waals surface area contributed by atoms with E-state index in [1.807, 2.05) is 13.8 Å². The monoisotopic (exact) mass is 396 g/mol. The van der Waals surface area contributed by atoms with Crippen LogP contribution in [0.15, 0.2) is 48.5 Å². The first-order valence-electron chi connectivity index (χ1n) is 9.75. The van der Waals surface area contributed by atoms with Crippen molar-refractivity contribution in [2.24, 2.45) is 0 Å². The highest BCUT2D eigenvalue weighted by Gasteiger charge is 2.10. The third-order valence-corrected chi connectivity index (χ3v) is 4.32. The zero-order valence-electron chi connectivity index (χ0n) is 17.0. The summed E-state index contributed by atoms with van der Waals surface area (Å²) < 4.78 is 0. The fraction of sp³-hybridized carbons (Fsp3) is 0.318. The second-order valence-electron chi connectivity index (χ2n) is 6.75. The molecule has 0 aliphatic rings. The number of amides is 3. The van der Waals surface area contributed by atoms with Crippen LogP contribution in [0, 0.1) is 0 Å². The number of rotatable bonds is 9. The van der Waals surface area contributed by atoms with Crippen LogP contribution in [0.2, 0.25) is 0 Å². The van der Waals surface area contributed by atoms with Crippen molar-refractivity contribution >= 4 is 34.8 Å². The van der Waals surface area contributed by atoms with E-state index >= 15 is 0 Å². The maximum Gasteiger partial charge on any atom is 0.251 e. The van der Waals surface area contributed by atoms with Crippen molar-refractivity contribution in [1.82, 2.24) is 5.32 Å². The maximum atomic E-state index is 12.2. The second-order valence-corrected chi connectivity index (χ2v) is 6.75. The summed E-state index contributed by atoms with van der Waals surface area (Å²) in [4.78, 5) is 36.0. The van der Waals surface area contributed by atoms with Gasteiger partial charge in [0.25, 0.3) is 5.91 Å². The van der Waals surface area contributed by atoms with Gasteiger partial charge in [-0.2, -0.15) is 0 Å². The fourth-order valence-electron chi connectivity index (χ4n) is 2.49. The molecule has 154 valence electrons. The van der Waals surface area contributed by atoms with E-state index in [4.69, 9.17) is 0 Å². The molecule has 0 aliphatic carbocycles. The molecular weight excluding hydrogens is 368 g/mol. The van der Waals surface area contributed by atoms with E-state index < -0.39 is 0 Å². The summed E-state index contributed by atoms with van der Waals surface area (Å²) in [5.74, 6) is -0.468. The Bertz CT molecular complexity index is 867. The molecule has 0 aromatic heterocycles. The van der Waals surface area contributed by atoms with Crippen molar-refractivity contribution in [2.45, 2.75) is 39.7 Å². The predicted molar refractivity (Wildman–Crippen MR) is 116 cm³/mol. The fourth-order valence-corrected chi connectivity index (χ4v) is 2.49. The molecule has 7 heteroatoms. The zero-order chi connectivity index (χ0) is 21.2. The van der Waals surface area contributed by atoms with Gasteiger partial charge in [-0.15, -0.1) is 0 Å². The van der Waals surface area contributed by atoms with E-state index in [2.05, 4.69) is 21.3 Å². The molecule has 0 fully saturated rings. The molecule has 4 N–H and O–H groups in total. The van der Waals surface area contributed by atoms with E-state index in [-0.39, 0.29) is 30.3 Å². The molecule has 0 saturated heterocycles. The van der Waals surface area contributed by atoms with Gasteiger partial charge in [-0.1, -0.05) is 26.0 Å². The Morgan fingerprint density at radius 3 is 2.14 bits per heavy atom. The molecule has 29 heavy (non-hydrogen) atoms. The van der Waals surface area contributed by atoms with Crippen LogP contribution in [0.4, 0.5) is 17.1 Å². The molecule has 0 heterocycles. The molecule has 0 saturated carbocycles. The Balaban J connectivity index is 1.91. The van der Waals surface area contributed by atoms with Gasteiger partial charge in [0.05, 0.1) is 6.54 Å². The van der Waals surface area contributed by atoms with Crippen molar-refractivity contribution in [3.05, 3.63) is 54.1 Å². The van der Waals surface area contributed by atoms with E-state index in [1.54, 1.807) is 55.5 Å². The molecule has 0 aliphatic heterocycles. The smallest absolute Gasteiger partial charge is 0.251 e. The van der Waals surface area contributed by atoms with E-state index in [0.29, 0.717) is 29.0 Å². The lowest BCUT2D eigenvalue weighted by atomic mass is 10.1. The number of carbonyl (C=O) groups is 3. The van der Waals surface area contributed by atoms with Crippen molar-refractivity contribution in [1.29, 1.82) is 0 Å². The van der Waals surface area contributed by atoms with Crippen LogP contribution in [-0.4, -0.2) is 30.3 Å². The van der Waals surface area contributed by atoms with E-state index in [0.717, 1.165) is 6.42 Å². The van der Waals surface area contributed by atoms with Crippen LogP contribution < -0.4 is 21.3 Å². The molecule has 1 unspecified atom stereocenters. The molecule has 1 atom stereocenters. The molecule has 3 amide bonds. The van der Waals surface area contributed by atoms with Crippen LogP contribution in [0.25, 0.3) is 0 Å². The highest BCUT2D eigenvalue weighted by atomic mass is 16.2. The van der Waals surface area contributed by atoms with Gasteiger partial charge in [-0.3, -0.25) is 14.4 Å². The van der Waals surface area contributed by atoms with Gasteiger partial charge in [-0.25, -0.2) is 0 Å². The molecule has 0 radical (unpaired) electrons. The van der Waals surface area contributed by atoms with Crippen LogP contribution >= 0.6 is 0 Å². The lowest BCUT2D eigenvalue weighted by Crippen LogP contribution is -2.31. The van der Waals surface area contributed by atoms with Crippen LogP contribution in [0.5, 0.6) is 0 Å². The number of carbonyl (C=O) groups excluding carboxylic acids is 3. The van der Waals surface area contributed by atoms with Gasteiger partial charge in [0.15, 0.2) is 0 Å². The Morgan fingerprint density at radius 2 is 1.48 bits per heavy atom. The summed E-state index contributed by atoms with van der Waals surface area (Å²) >= 11 is 0. The minimum Gasteiger partial charge on any atom is -0.376 e. The number of nitrogens with one attached hydrogen (secondary N) is 4. The standard InChI is InChI=1S/C22H28N4O3/c1-4-15(3)24-22(29)16-8-6-9-17(12-16)23-14-21(28)26-19-11-7-10-18(13-19)25-20(27)5-2/h6-13,15,23H,4-5,14H2,1-3H3,(H,24,29)(H,25,27)(H,26,28). The predicted octanol–water partition coefficient (Wildman–Crippen LogP) is 3.61. The van der Waals surface area contributed by atoms with Crippen molar-refractivity contribution < 1.29 is 14.4 Å². The quantitative estimate of drug-likeness (QED) is 0.520. The molecule has 7 nitrogen and oxygen atoms in total. The maximum absolute atomic E-state index is 12.2. The number of hydrogen-bond donors (Lipinski definition) is 4. The van der Waals surface area contributed by atoms with Crippen molar-refractivity contribution in [3.63, 3.8) is 0 Å². The second kappa shape index (κ2) is 10.8. The van der Waals surface area contributed by atoms with Crippen molar-refractivity contribution in [2.75, 3.05) is 22.5 Å². The minimum atomic E-state index is -0.238. The van der Waals surface area contributed by atoms with Crippen molar-refractivity contribution in [3.8, 4) is 0 Å². The summed E-state index contributed by atoms with van der Waals surface area (Å²) in [6.45, 7) is 5.78. The Labute approximate surface area is 171 Å². The van der Waals surface area contributed by atoms with Crippen LogP contribution in [-0.2, 0) is 9.59 Å². The summed E-state index contributed by atoms with van der Waals surface area (Å²) in [5, 5.41) is 11.5. The molecular formula is C22H28N4O3. The lowest BCUT2D eigenvalue weighted by Gasteiger charge is -2.13. The van der Waals surface area contributed by atoms with Gasteiger partial charge < -0.3 is 21.3 Å². The van der Waals surface area contributed by atoms with Gasteiger partial charge in [-0.05, 0) is 49.7 Å². The van der Waals surface area contributed by atoms with Gasteiger partial charge in [0, 0.05) is 35.1 Å². The Hall–Kier alpha value is -3.35. The van der Waals surface area contributed by atoms with E-state index in [1.165, 1.54) is 0 Å². The summed E-state index contributed by atoms with van der Waals surface area (Å²) in [6.07, 6.45) is 1.24. The highest BCUT2D eigenvalue weighted by Crippen LogP contribution is 2.16. The molecule has 0 spiro atoms. The normalized spacial score (nSPS) is 11.3. The largest absolute Gasteiger partial charge is 0.376 e. The minimum absolute atomic E-state index is 0.0436. The Morgan fingerprint density at radius 1 is 0.862 bits per heavy atom. The summed E-state index contributed by atoms with van der Waals surface area (Å²) in [5.41, 5.74) is 2.44. The molecule has 0 bridgehead atoms. The van der Waals surface area contributed by atoms with Gasteiger partial charge >= 0.3 is 0 Å². The highest BCUT2D eigenvalue weighted by molar-refractivity contribution is 5.97. The van der Waals surface area contributed by atoms with E-state index in [9.17, 15) is 14.4 Å². The Kier molecular flexibility index (Phi) is 8.21. The van der Waals surface area contributed by atoms with Gasteiger partial charge in [0.1, 0.15) is 0 Å². The number of hydrogen-bond acceptors (Lipinski definition) is 4. The van der Waals surface area contributed by atoms with Crippen LogP contribution in [0.3, 0.4) is 0 Å². The zero-order valence-corrected chi connectivity index (χ0v) is 17.0. The number of benzene rings is 2. The first-order valence-corrected chi connectivity index (χ1v) is 9.75. The SMILES string of the molecule is CCC(=O)Nc1cccc(NC(=O)CNc2cccc(C(=O)NC(C)CC)c2)c1. The summed E-state index contributed by atoms with van der Waals surface area (Å²) in [7, 11) is 0. The molecule has 2 rings (SSSR count). The third-order valence-electron chi connectivity index (χ3n) is 4.32. The lowest BCUT2D eigenvalue weighted by molar-refractivity contribution is -0.116. The number of anilines is 3.